The first-order valence-corrected chi connectivity index (χ1v) is 11.7. The van der Waals surface area contributed by atoms with Gasteiger partial charge in [0, 0.05) is 11.6 Å². The van der Waals surface area contributed by atoms with E-state index in [1.54, 1.807) is 0 Å². The number of ether oxygens (including phenoxy) is 1. The Hall–Kier alpha value is -1.33. The summed E-state index contributed by atoms with van der Waals surface area (Å²) in [5.74, 6) is 1.00. The molecule has 5 heteroatoms. The molecule has 0 amide bonds. The molecular formula is C20H23BrO3S. The molecule has 0 radical (unpaired) electrons. The molecule has 0 atom stereocenters. The number of hydrogen-bond acceptors (Lipinski definition) is 3. The van der Waals surface area contributed by atoms with Gasteiger partial charge in [-0.3, -0.25) is 0 Å². The standard InChI is InChI=1S/C20H23BrO3S/c1-14-10-18(24-8-3-9-25(2,22)23)12-17-7-6-16-5-4-15(13-21)11-19(16)20(14)17/h4-5,10-12H,3,6-9,13H2,1-2H3. The molecule has 1 aliphatic rings. The minimum Gasteiger partial charge on any atom is -0.494 e. The van der Waals surface area contributed by atoms with Crippen LogP contribution in [0.1, 0.15) is 28.7 Å². The van der Waals surface area contributed by atoms with Crippen LogP contribution in [0.5, 0.6) is 5.75 Å². The van der Waals surface area contributed by atoms with Gasteiger partial charge in [-0.1, -0.05) is 34.1 Å². The van der Waals surface area contributed by atoms with Crippen molar-refractivity contribution in [2.75, 3.05) is 18.6 Å². The summed E-state index contributed by atoms with van der Waals surface area (Å²) in [6.45, 7) is 2.55. The van der Waals surface area contributed by atoms with Crippen molar-refractivity contribution in [3.05, 3.63) is 52.6 Å². The summed E-state index contributed by atoms with van der Waals surface area (Å²) in [4.78, 5) is 0. The first kappa shape index (κ1) is 18.5. The van der Waals surface area contributed by atoms with Gasteiger partial charge in [-0.25, -0.2) is 8.42 Å². The maximum absolute atomic E-state index is 11.2. The lowest BCUT2D eigenvalue weighted by Gasteiger charge is -2.23. The van der Waals surface area contributed by atoms with Crippen molar-refractivity contribution in [1.82, 2.24) is 0 Å². The largest absolute Gasteiger partial charge is 0.494 e. The highest BCUT2D eigenvalue weighted by Gasteiger charge is 2.19. The van der Waals surface area contributed by atoms with E-state index < -0.39 is 9.84 Å². The number of aryl methyl sites for hydroxylation is 3. The van der Waals surface area contributed by atoms with Crippen LogP contribution in [-0.2, 0) is 28.0 Å². The number of alkyl halides is 1. The highest BCUT2D eigenvalue weighted by molar-refractivity contribution is 9.08. The fourth-order valence-corrected chi connectivity index (χ4v) is 4.42. The van der Waals surface area contributed by atoms with Crippen LogP contribution in [0.4, 0.5) is 0 Å². The van der Waals surface area contributed by atoms with Crippen molar-refractivity contribution < 1.29 is 13.2 Å². The van der Waals surface area contributed by atoms with E-state index in [4.69, 9.17) is 4.74 Å². The number of halogens is 1. The zero-order chi connectivity index (χ0) is 18.0. The third-order valence-electron chi connectivity index (χ3n) is 4.58. The van der Waals surface area contributed by atoms with E-state index in [-0.39, 0.29) is 5.75 Å². The van der Waals surface area contributed by atoms with Gasteiger partial charge in [-0.2, -0.15) is 0 Å². The lowest BCUT2D eigenvalue weighted by Crippen LogP contribution is -2.09. The molecule has 0 saturated carbocycles. The number of benzene rings is 2. The zero-order valence-corrected chi connectivity index (χ0v) is 17.0. The fraction of sp³-hybridized carbons (Fsp3) is 0.400. The van der Waals surface area contributed by atoms with Gasteiger partial charge in [0.15, 0.2) is 0 Å². The number of hydrogen-bond donors (Lipinski definition) is 0. The van der Waals surface area contributed by atoms with Crippen LogP contribution in [0.25, 0.3) is 11.1 Å². The molecule has 134 valence electrons. The van der Waals surface area contributed by atoms with Crippen molar-refractivity contribution >= 4 is 25.8 Å². The molecule has 25 heavy (non-hydrogen) atoms. The third kappa shape index (κ3) is 4.45. The predicted molar refractivity (Wildman–Crippen MR) is 106 cm³/mol. The first-order valence-electron chi connectivity index (χ1n) is 8.49. The van der Waals surface area contributed by atoms with E-state index >= 15 is 0 Å². The predicted octanol–water partition coefficient (Wildman–Crippen LogP) is 4.47. The molecule has 0 spiro atoms. The minimum atomic E-state index is -2.93. The van der Waals surface area contributed by atoms with Crippen molar-refractivity contribution in [1.29, 1.82) is 0 Å². The van der Waals surface area contributed by atoms with Crippen LogP contribution in [0.2, 0.25) is 0 Å². The van der Waals surface area contributed by atoms with Crippen LogP contribution in [0, 0.1) is 6.92 Å². The summed E-state index contributed by atoms with van der Waals surface area (Å²) >= 11 is 3.54. The van der Waals surface area contributed by atoms with Gasteiger partial charge in [0.05, 0.1) is 12.4 Å². The molecule has 0 fully saturated rings. The van der Waals surface area contributed by atoms with E-state index in [0.29, 0.717) is 13.0 Å². The lowest BCUT2D eigenvalue weighted by molar-refractivity contribution is 0.317. The Balaban J connectivity index is 1.83. The van der Waals surface area contributed by atoms with Gasteiger partial charge in [0.2, 0.25) is 0 Å². The van der Waals surface area contributed by atoms with Gasteiger partial charge in [0.1, 0.15) is 15.6 Å². The second-order valence-corrected chi connectivity index (χ2v) is 9.55. The molecule has 3 nitrogen and oxygen atoms in total. The van der Waals surface area contributed by atoms with Gasteiger partial charge in [-0.15, -0.1) is 0 Å². The van der Waals surface area contributed by atoms with E-state index in [1.807, 2.05) is 0 Å². The van der Waals surface area contributed by atoms with Crippen LogP contribution in [0.3, 0.4) is 0 Å². The summed E-state index contributed by atoms with van der Waals surface area (Å²) in [6.07, 6.45) is 3.83. The quantitative estimate of drug-likeness (QED) is 0.509. The summed E-state index contributed by atoms with van der Waals surface area (Å²) in [7, 11) is -2.93. The fourth-order valence-electron chi connectivity index (χ4n) is 3.43. The molecule has 0 aliphatic heterocycles. The highest BCUT2D eigenvalue weighted by atomic mass is 79.9. The first-order chi connectivity index (χ1) is 11.9. The molecule has 0 aromatic heterocycles. The molecule has 2 aromatic rings. The van der Waals surface area contributed by atoms with Gasteiger partial charge < -0.3 is 4.74 Å². The van der Waals surface area contributed by atoms with E-state index in [0.717, 1.165) is 23.9 Å². The van der Waals surface area contributed by atoms with Crippen LogP contribution < -0.4 is 4.74 Å². The molecule has 0 unspecified atom stereocenters. The Labute approximate surface area is 158 Å². The number of sulfone groups is 1. The molecular weight excluding hydrogens is 400 g/mol. The van der Waals surface area contributed by atoms with Crippen molar-refractivity contribution in [3.8, 4) is 16.9 Å². The summed E-state index contributed by atoms with van der Waals surface area (Å²) in [5, 5.41) is 0.857. The molecule has 1 aliphatic carbocycles. The molecule has 0 saturated heterocycles. The van der Waals surface area contributed by atoms with Crippen molar-refractivity contribution in [2.24, 2.45) is 0 Å². The second-order valence-electron chi connectivity index (χ2n) is 6.73. The second kappa shape index (κ2) is 7.50. The van der Waals surface area contributed by atoms with E-state index in [9.17, 15) is 8.42 Å². The van der Waals surface area contributed by atoms with Gasteiger partial charge >= 0.3 is 0 Å². The van der Waals surface area contributed by atoms with Crippen molar-refractivity contribution in [3.63, 3.8) is 0 Å². The zero-order valence-electron chi connectivity index (χ0n) is 14.6. The molecule has 3 rings (SSSR count). The Bertz CT molecular complexity index is 888. The highest BCUT2D eigenvalue weighted by Crippen LogP contribution is 2.39. The normalized spacial score (nSPS) is 13.2. The lowest BCUT2D eigenvalue weighted by atomic mass is 9.82. The molecule has 0 heterocycles. The topological polar surface area (TPSA) is 43.4 Å². The summed E-state index contributed by atoms with van der Waals surface area (Å²) in [6, 6.07) is 10.9. The SMILES string of the molecule is Cc1cc(OCCCS(C)(=O)=O)cc2c1-c1cc(CBr)ccc1CC2. The van der Waals surface area contributed by atoms with Crippen molar-refractivity contribution in [2.45, 2.75) is 31.5 Å². The van der Waals surface area contributed by atoms with Crippen LogP contribution in [-0.4, -0.2) is 27.0 Å². The number of rotatable bonds is 6. The smallest absolute Gasteiger partial charge is 0.147 e. The Kier molecular flexibility index (Phi) is 5.54. The van der Waals surface area contributed by atoms with Crippen LogP contribution in [0.15, 0.2) is 30.3 Å². The molecule has 0 bridgehead atoms. The van der Waals surface area contributed by atoms with Gasteiger partial charge in [-0.05, 0) is 71.7 Å². The van der Waals surface area contributed by atoms with Crippen LogP contribution >= 0.6 is 15.9 Å². The third-order valence-corrected chi connectivity index (χ3v) is 6.26. The summed E-state index contributed by atoms with van der Waals surface area (Å²) in [5.41, 5.74) is 7.88. The van der Waals surface area contributed by atoms with E-state index in [1.165, 1.54) is 39.6 Å². The Morgan fingerprint density at radius 1 is 1.12 bits per heavy atom. The minimum absolute atomic E-state index is 0.166. The maximum Gasteiger partial charge on any atom is 0.147 e. The molecule has 2 aromatic carbocycles. The average molecular weight is 423 g/mol. The Morgan fingerprint density at radius 2 is 1.88 bits per heavy atom. The molecule has 0 N–H and O–H groups in total. The monoisotopic (exact) mass is 422 g/mol. The maximum atomic E-state index is 11.2. The van der Waals surface area contributed by atoms with Gasteiger partial charge in [0.25, 0.3) is 0 Å². The average Bonchev–Trinajstić information content (AvgIpc) is 2.57. The number of fused-ring (bicyclic) bond motifs is 3. The van der Waals surface area contributed by atoms with E-state index in [2.05, 4.69) is 53.2 Å². The summed E-state index contributed by atoms with van der Waals surface area (Å²) < 4.78 is 28.2. The Morgan fingerprint density at radius 3 is 2.60 bits per heavy atom.